The summed E-state index contributed by atoms with van der Waals surface area (Å²) >= 11 is 1.87. The lowest BCUT2D eigenvalue weighted by atomic mass is 10.1. The van der Waals surface area contributed by atoms with E-state index in [1.807, 2.05) is 11.8 Å². The zero-order valence-electron chi connectivity index (χ0n) is 12.4. The van der Waals surface area contributed by atoms with Crippen LogP contribution in [0.15, 0.2) is 23.1 Å². The van der Waals surface area contributed by atoms with Gasteiger partial charge in [-0.25, -0.2) is 0 Å². The third-order valence-corrected chi connectivity index (χ3v) is 4.55. The lowest BCUT2D eigenvalue weighted by molar-refractivity contribution is -0.117. The number of hydrogen-bond donors (Lipinski definition) is 2. The normalized spacial score (nSPS) is 17.1. The number of carbonyl (C=O) groups excluding carboxylic acids is 1. The Morgan fingerprint density at radius 2 is 2.10 bits per heavy atom. The molecule has 1 aliphatic rings. The fourth-order valence-corrected chi connectivity index (χ4v) is 3.31. The molecule has 1 aliphatic heterocycles. The molecule has 0 spiro atoms. The average Bonchev–Trinajstić information content (AvgIpc) is 2.76. The highest BCUT2D eigenvalue weighted by atomic mass is 32.2. The number of fused-ring (bicyclic) bond motifs is 1. The molecule has 1 unspecified atom stereocenters. The molecule has 3 nitrogen and oxygen atoms in total. The Balaban J connectivity index is 1.98. The molecule has 1 aromatic carbocycles. The zero-order valence-corrected chi connectivity index (χ0v) is 13.2. The van der Waals surface area contributed by atoms with E-state index < -0.39 is 0 Å². The molecule has 0 aromatic heterocycles. The summed E-state index contributed by atoms with van der Waals surface area (Å²) in [5.41, 5.74) is 2.06. The highest BCUT2D eigenvalue weighted by Crippen LogP contribution is 2.34. The number of hydrogen-bond acceptors (Lipinski definition) is 3. The van der Waals surface area contributed by atoms with Crippen molar-refractivity contribution in [1.29, 1.82) is 0 Å². The van der Waals surface area contributed by atoms with Gasteiger partial charge in [0.25, 0.3) is 0 Å². The minimum absolute atomic E-state index is 0.0709. The third-order valence-electron chi connectivity index (χ3n) is 3.47. The first kappa shape index (κ1) is 15.4. The molecular formula is C16H24N2OS. The number of amides is 1. The van der Waals surface area contributed by atoms with Crippen molar-refractivity contribution in [3.05, 3.63) is 23.8 Å². The van der Waals surface area contributed by atoms with Crippen molar-refractivity contribution in [2.75, 3.05) is 17.6 Å². The molecule has 2 N–H and O–H groups in total. The number of thioether (sulfide) groups is 1. The van der Waals surface area contributed by atoms with Gasteiger partial charge in [-0.15, -0.1) is 11.8 Å². The van der Waals surface area contributed by atoms with Crippen molar-refractivity contribution < 1.29 is 4.79 Å². The molecule has 1 heterocycles. The molecule has 1 amide bonds. The van der Waals surface area contributed by atoms with Crippen LogP contribution in [0.2, 0.25) is 0 Å². The molecule has 1 aromatic rings. The van der Waals surface area contributed by atoms with Crippen molar-refractivity contribution in [3.8, 4) is 0 Å². The number of unbranched alkanes of at least 4 members (excludes halogenated alkanes) is 2. The van der Waals surface area contributed by atoms with Crippen LogP contribution in [0.25, 0.3) is 0 Å². The Morgan fingerprint density at radius 1 is 1.25 bits per heavy atom. The van der Waals surface area contributed by atoms with Crippen LogP contribution in [0.3, 0.4) is 0 Å². The Bertz CT molecular complexity index is 462. The molecule has 110 valence electrons. The molecule has 20 heavy (non-hydrogen) atoms. The van der Waals surface area contributed by atoms with Crippen molar-refractivity contribution in [2.24, 2.45) is 0 Å². The van der Waals surface area contributed by atoms with Crippen LogP contribution in [-0.2, 0) is 4.79 Å². The smallest absolute Gasteiger partial charge is 0.246 e. The minimum atomic E-state index is -0.177. The minimum Gasteiger partial charge on any atom is -0.324 e. The molecule has 1 atom stereocenters. The maximum atomic E-state index is 12.0. The van der Waals surface area contributed by atoms with Gasteiger partial charge in [0.05, 0.1) is 0 Å². The van der Waals surface area contributed by atoms with Gasteiger partial charge in [-0.05, 0) is 37.3 Å². The van der Waals surface area contributed by atoms with Crippen molar-refractivity contribution in [3.63, 3.8) is 0 Å². The Labute approximate surface area is 125 Å². The van der Waals surface area contributed by atoms with Crippen LogP contribution in [0, 0.1) is 0 Å². The van der Waals surface area contributed by atoms with E-state index in [0.29, 0.717) is 0 Å². The third kappa shape index (κ3) is 3.76. The van der Waals surface area contributed by atoms with E-state index >= 15 is 0 Å². The lowest BCUT2D eigenvalue weighted by Crippen LogP contribution is -2.27. The van der Waals surface area contributed by atoms with Crippen LogP contribution in [-0.4, -0.2) is 18.2 Å². The summed E-state index contributed by atoms with van der Waals surface area (Å²) in [6.07, 6.45) is 4.83. The van der Waals surface area contributed by atoms with E-state index in [2.05, 4.69) is 42.7 Å². The van der Waals surface area contributed by atoms with E-state index in [4.69, 9.17) is 0 Å². The van der Waals surface area contributed by atoms with Crippen molar-refractivity contribution >= 4 is 23.4 Å². The molecule has 4 heteroatoms. The summed E-state index contributed by atoms with van der Waals surface area (Å²) in [4.78, 5) is 13.2. The first-order chi connectivity index (χ1) is 9.76. The van der Waals surface area contributed by atoms with E-state index in [1.54, 1.807) is 0 Å². The lowest BCUT2D eigenvalue weighted by Gasteiger charge is -2.10. The Kier molecular flexibility index (Phi) is 5.92. The van der Waals surface area contributed by atoms with Gasteiger partial charge in [-0.1, -0.05) is 32.8 Å². The number of rotatable bonds is 8. The monoisotopic (exact) mass is 292 g/mol. The molecule has 0 bridgehead atoms. The summed E-state index contributed by atoms with van der Waals surface area (Å²) in [5.74, 6) is 1.22. The first-order valence-electron chi connectivity index (χ1n) is 7.57. The van der Waals surface area contributed by atoms with Gasteiger partial charge >= 0.3 is 0 Å². The van der Waals surface area contributed by atoms with Gasteiger partial charge in [-0.3, -0.25) is 4.79 Å². The number of nitrogens with one attached hydrogen (secondary N) is 2. The van der Waals surface area contributed by atoms with Crippen molar-refractivity contribution in [1.82, 2.24) is 5.32 Å². The van der Waals surface area contributed by atoms with Gasteiger partial charge < -0.3 is 10.6 Å². The number of anilines is 1. The second-order valence-electron chi connectivity index (χ2n) is 5.18. The molecule has 0 radical (unpaired) electrons. The summed E-state index contributed by atoms with van der Waals surface area (Å²) in [7, 11) is 0. The van der Waals surface area contributed by atoms with Gasteiger partial charge in [-0.2, -0.15) is 0 Å². The van der Waals surface area contributed by atoms with E-state index in [9.17, 15) is 4.79 Å². The second-order valence-corrected chi connectivity index (χ2v) is 6.35. The maximum Gasteiger partial charge on any atom is 0.246 e. The molecule has 0 fully saturated rings. The van der Waals surface area contributed by atoms with E-state index in [0.717, 1.165) is 30.0 Å². The van der Waals surface area contributed by atoms with Crippen LogP contribution >= 0.6 is 11.8 Å². The van der Waals surface area contributed by atoms with Crippen LogP contribution < -0.4 is 10.6 Å². The topological polar surface area (TPSA) is 41.1 Å². The van der Waals surface area contributed by atoms with Crippen LogP contribution in [0.1, 0.15) is 51.1 Å². The van der Waals surface area contributed by atoms with Gasteiger partial charge in [0.15, 0.2) is 0 Å². The first-order valence-corrected chi connectivity index (χ1v) is 8.55. The predicted molar refractivity (Wildman–Crippen MR) is 86.4 cm³/mol. The number of carbonyl (C=O) groups is 1. The fourth-order valence-electron chi connectivity index (χ4n) is 2.36. The molecular weight excluding hydrogens is 268 g/mol. The molecule has 0 saturated heterocycles. The largest absolute Gasteiger partial charge is 0.324 e. The molecule has 0 saturated carbocycles. The van der Waals surface area contributed by atoms with Crippen LogP contribution in [0.5, 0.6) is 0 Å². The highest BCUT2D eigenvalue weighted by Gasteiger charge is 2.29. The Morgan fingerprint density at radius 3 is 2.85 bits per heavy atom. The Hall–Kier alpha value is -1.00. The van der Waals surface area contributed by atoms with Gasteiger partial charge in [0.1, 0.15) is 6.04 Å². The summed E-state index contributed by atoms with van der Waals surface area (Å²) in [6.45, 7) is 5.20. The quantitative estimate of drug-likeness (QED) is 0.563. The van der Waals surface area contributed by atoms with E-state index in [1.165, 1.54) is 24.2 Å². The maximum absolute atomic E-state index is 12.0. The standard InChI is InChI=1S/C16H24N2OS/c1-3-5-6-10-20-12-7-8-13-14(11-12)18-16(19)15(13)17-9-4-2/h7-8,11,15,17H,3-6,9-10H2,1-2H3,(H,18,19). The van der Waals surface area contributed by atoms with E-state index in [-0.39, 0.29) is 11.9 Å². The zero-order chi connectivity index (χ0) is 14.4. The second kappa shape index (κ2) is 7.70. The number of benzene rings is 1. The van der Waals surface area contributed by atoms with Gasteiger partial charge in [0, 0.05) is 16.1 Å². The summed E-state index contributed by atoms with van der Waals surface area (Å²) in [5, 5.41) is 6.28. The summed E-state index contributed by atoms with van der Waals surface area (Å²) < 4.78 is 0. The molecule has 2 rings (SSSR count). The van der Waals surface area contributed by atoms with Crippen LogP contribution in [0.4, 0.5) is 5.69 Å². The van der Waals surface area contributed by atoms with Gasteiger partial charge in [0.2, 0.25) is 5.91 Å². The summed E-state index contributed by atoms with van der Waals surface area (Å²) in [6, 6.07) is 6.15. The fraction of sp³-hybridized carbons (Fsp3) is 0.562. The van der Waals surface area contributed by atoms with Crippen molar-refractivity contribution in [2.45, 2.75) is 50.5 Å². The predicted octanol–water partition coefficient (Wildman–Crippen LogP) is 3.96. The highest BCUT2D eigenvalue weighted by molar-refractivity contribution is 7.99. The molecule has 0 aliphatic carbocycles. The SMILES string of the molecule is CCCCCSc1ccc2c(c1)NC(=O)C2NCCC. The average molecular weight is 292 g/mol.